The largest absolute Gasteiger partial charge is 0.486 e. The fourth-order valence-corrected chi connectivity index (χ4v) is 3.09. The van der Waals surface area contributed by atoms with Crippen molar-refractivity contribution in [3.63, 3.8) is 0 Å². The van der Waals surface area contributed by atoms with Crippen LogP contribution in [0, 0.1) is 16.6 Å². The zero-order valence-corrected chi connectivity index (χ0v) is 15.0. The lowest BCUT2D eigenvalue weighted by Gasteiger charge is -2.30. The van der Waals surface area contributed by atoms with Crippen molar-refractivity contribution in [2.75, 3.05) is 7.11 Å². The first-order valence-electron chi connectivity index (χ1n) is 7.16. The number of hydrogen-bond donors (Lipinski definition) is 2. The number of hydrogen-bond acceptors (Lipinski definition) is 5. The molecule has 0 fully saturated rings. The molecule has 0 saturated carbocycles. The van der Waals surface area contributed by atoms with Crippen LogP contribution in [0.2, 0.25) is 10.0 Å². The summed E-state index contributed by atoms with van der Waals surface area (Å²) in [5.74, 6) is 0.00743. The Balaban J connectivity index is 2.29. The summed E-state index contributed by atoms with van der Waals surface area (Å²) in [4.78, 5) is 4.09. The normalized spacial score (nSPS) is 21.6. The molecule has 5 nitrogen and oxygen atoms in total. The van der Waals surface area contributed by atoms with Crippen LogP contribution in [-0.2, 0) is 9.47 Å². The average Bonchev–Trinajstić information content (AvgIpc) is 2.54. The first-order valence-corrected chi connectivity index (χ1v) is 7.92. The lowest BCUT2D eigenvalue weighted by atomic mass is 9.85. The third-order valence-electron chi connectivity index (χ3n) is 3.83. The average molecular weight is 374 g/mol. The Bertz CT molecular complexity index is 736. The second-order valence-corrected chi connectivity index (χ2v) is 6.50. The maximum atomic E-state index is 13.7. The molecule has 1 aromatic carbocycles. The molecule has 0 radical (unpaired) electrons. The quantitative estimate of drug-likeness (QED) is 0.464. The molecule has 1 aliphatic heterocycles. The molecule has 0 saturated heterocycles. The number of allylic oxidation sites excluding steroid dienone is 1. The van der Waals surface area contributed by atoms with Crippen LogP contribution in [-0.4, -0.2) is 19.2 Å². The van der Waals surface area contributed by atoms with Crippen molar-refractivity contribution < 1.29 is 13.9 Å². The Kier molecular flexibility index (Phi) is 5.40. The van der Waals surface area contributed by atoms with Gasteiger partial charge < -0.3 is 15.2 Å². The number of halogens is 3. The van der Waals surface area contributed by atoms with Gasteiger partial charge >= 0.3 is 0 Å². The molecule has 2 rings (SSSR count). The second-order valence-electron chi connectivity index (χ2n) is 5.71. The van der Waals surface area contributed by atoms with Crippen molar-refractivity contribution in [3.8, 4) is 0 Å². The van der Waals surface area contributed by atoms with Crippen LogP contribution in [0.3, 0.4) is 0 Å². The lowest BCUT2D eigenvalue weighted by Crippen LogP contribution is -2.34. The molecular weight excluding hydrogens is 356 g/mol. The number of ether oxygens (including phenoxy) is 2. The molecule has 1 aromatic rings. The summed E-state index contributed by atoms with van der Waals surface area (Å²) in [7, 11) is 1.42. The summed E-state index contributed by atoms with van der Waals surface area (Å²) in [5, 5.41) is 8.10. The number of methoxy groups -OCH3 is 1. The smallest absolute Gasteiger partial charge is 0.192 e. The number of nitrogens with zero attached hydrogens (tertiary/aromatic N) is 1. The number of aliphatic imine (C=N–C) groups is 1. The van der Waals surface area contributed by atoms with Gasteiger partial charge in [0.05, 0.1) is 17.5 Å². The minimum Gasteiger partial charge on any atom is -0.486 e. The van der Waals surface area contributed by atoms with Gasteiger partial charge in [0.15, 0.2) is 11.7 Å². The molecule has 0 bridgehead atoms. The predicted molar refractivity (Wildman–Crippen MR) is 93.1 cm³/mol. The molecule has 130 valence electrons. The van der Waals surface area contributed by atoms with Crippen LogP contribution in [0.1, 0.15) is 31.9 Å². The number of nitrogens with one attached hydrogen (secondary N) is 1. The number of benzene rings is 1. The van der Waals surface area contributed by atoms with E-state index in [0.717, 1.165) is 0 Å². The van der Waals surface area contributed by atoms with Gasteiger partial charge in [-0.2, -0.15) is 0 Å². The van der Waals surface area contributed by atoms with E-state index in [0.29, 0.717) is 16.3 Å². The predicted octanol–water partition coefficient (Wildman–Crippen LogP) is 4.44. The minimum atomic E-state index is -0.776. The number of rotatable bonds is 4. The molecule has 1 heterocycles. The molecule has 0 aromatic heterocycles. The maximum absolute atomic E-state index is 13.7. The summed E-state index contributed by atoms with van der Waals surface area (Å²) in [6.07, 6.45) is 1.18. The molecule has 2 unspecified atom stereocenters. The van der Waals surface area contributed by atoms with Crippen molar-refractivity contribution >= 4 is 35.3 Å². The summed E-state index contributed by atoms with van der Waals surface area (Å²) < 4.78 is 24.5. The van der Waals surface area contributed by atoms with E-state index in [1.165, 1.54) is 19.2 Å². The van der Waals surface area contributed by atoms with Gasteiger partial charge in [0.25, 0.3) is 0 Å². The first kappa shape index (κ1) is 18.5. The van der Waals surface area contributed by atoms with Crippen LogP contribution in [0.5, 0.6) is 0 Å². The SMILES string of the molecule is COC(=N)C1(C)C=NC(N)=C(OC(C)c2c(Cl)ccc(F)c2Cl)C1. The van der Waals surface area contributed by atoms with Gasteiger partial charge in [0, 0.05) is 23.2 Å². The molecule has 2 atom stereocenters. The molecule has 0 spiro atoms. The van der Waals surface area contributed by atoms with E-state index in [2.05, 4.69) is 4.99 Å². The van der Waals surface area contributed by atoms with Gasteiger partial charge in [-0.15, -0.1) is 0 Å². The Hall–Kier alpha value is -1.79. The monoisotopic (exact) mass is 373 g/mol. The topological polar surface area (TPSA) is 80.7 Å². The van der Waals surface area contributed by atoms with Crippen molar-refractivity contribution in [1.82, 2.24) is 0 Å². The van der Waals surface area contributed by atoms with Crippen LogP contribution in [0.15, 0.2) is 28.7 Å². The minimum absolute atomic E-state index is 0.0364. The Morgan fingerprint density at radius 1 is 1.46 bits per heavy atom. The summed E-state index contributed by atoms with van der Waals surface area (Å²) in [6.45, 7) is 3.47. The standard InChI is InChI=1S/C16H18Cl2FN3O2/c1-8(12-9(17)4-5-10(19)13(12)18)24-11-6-16(2,15(21)23-3)7-22-14(11)20/h4-5,7-8,21H,6,20H2,1-3H3. The van der Waals surface area contributed by atoms with E-state index in [1.807, 2.05) is 0 Å². The Morgan fingerprint density at radius 2 is 2.12 bits per heavy atom. The lowest BCUT2D eigenvalue weighted by molar-refractivity contribution is 0.113. The molecule has 0 amide bonds. The van der Waals surface area contributed by atoms with E-state index in [4.69, 9.17) is 43.8 Å². The highest BCUT2D eigenvalue weighted by atomic mass is 35.5. The van der Waals surface area contributed by atoms with Crippen LogP contribution >= 0.6 is 23.2 Å². The van der Waals surface area contributed by atoms with Crippen LogP contribution in [0.4, 0.5) is 4.39 Å². The van der Waals surface area contributed by atoms with E-state index in [9.17, 15) is 4.39 Å². The summed E-state index contributed by atoms with van der Waals surface area (Å²) in [5.41, 5.74) is 5.43. The number of nitrogens with two attached hydrogens (primary N) is 1. The van der Waals surface area contributed by atoms with Gasteiger partial charge in [-0.05, 0) is 26.0 Å². The zero-order valence-electron chi connectivity index (χ0n) is 13.5. The fraction of sp³-hybridized carbons (Fsp3) is 0.375. The van der Waals surface area contributed by atoms with Gasteiger partial charge in [-0.3, -0.25) is 5.41 Å². The van der Waals surface area contributed by atoms with E-state index >= 15 is 0 Å². The molecule has 1 aliphatic rings. The Morgan fingerprint density at radius 3 is 2.75 bits per heavy atom. The molecular formula is C16H18Cl2FN3O2. The van der Waals surface area contributed by atoms with Gasteiger partial charge in [0.2, 0.25) is 0 Å². The fourth-order valence-electron chi connectivity index (χ4n) is 2.42. The van der Waals surface area contributed by atoms with Crippen LogP contribution in [0.25, 0.3) is 0 Å². The summed E-state index contributed by atoms with van der Waals surface area (Å²) >= 11 is 12.1. The second kappa shape index (κ2) is 6.99. The third kappa shape index (κ3) is 3.49. The van der Waals surface area contributed by atoms with Crippen molar-refractivity contribution in [2.45, 2.75) is 26.4 Å². The molecule has 0 aliphatic carbocycles. The van der Waals surface area contributed by atoms with E-state index in [-0.39, 0.29) is 23.2 Å². The van der Waals surface area contributed by atoms with Crippen molar-refractivity contribution in [3.05, 3.63) is 45.1 Å². The van der Waals surface area contributed by atoms with Gasteiger partial charge in [-0.25, -0.2) is 9.38 Å². The third-order valence-corrected chi connectivity index (χ3v) is 4.54. The Labute approximate surface area is 149 Å². The zero-order chi connectivity index (χ0) is 18.1. The maximum Gasteiger partial charge on any atom is 0.192 e. The van der Waals surface area contributed by atoms with Gasteiger partial charge in [-0.1, -0.05) is 23.2 Å². The summed E-state index contributed by atoms with van der Waals surface area (Å²) in [6, 6.07) is 2.61. The highest BCUT2D eigenvalue weighted by Crippen LogP contribution is 2.38. The van der Waals surface area contributed by atoms with Crippen molar-refractivity contribution in [1.29, 1.82) is 5.41 Å². The van der Waals surface area contributed by atoms with Gasteiger partial charge in [0.1, 0.15) is 17.7 Å². The first-order chi connectivity index (χ1) is 11.2. The van der Waals surface area contributed by atoms with E-state index in [1.54, 1.807) is 20.1 Å². The highest BCUT2D eigenvalue weighted by Gasteiger charge is 2.35. The van der Waals surface area contributed by atoms with Crippen molar-refractivity contribution in [2.24, 2.45) is 16.1 Å². The van der Waals surface area contributed by atoms with E-state index < -0.39 is 17.3 Å². The molecule has 3 N–H and O–H groups in total. The van der Waals surface area contributed by atoms with Crippen LogP contribution < -0.4 is 5.73 Å². The highest BCUT2D eigenvalue weighted by molar-refractivity contribution is 6.36. The molecule has 24 heavy (non-hydrogen) atoms. The molecule has 8 heteroatoms.